The maximum absolute atomic E-state index is 12.4. The number of thiophene rings is 1. The molecular weight excluding hydrogens is 480 g/mol. The molecule has 35 heavy (non-hydrogen) atoms. The Balaban J connectivity index is 1.45. The monoisotopic (exact) mass is 514 g/mol. The van der Waals surface area contributed by atoms with Gasteiger partial charge in [-0.1, -0.05) is 0 Å². The first-order chi connectivity index (χ1) is 16.8. The van der Waals surface area contributed by atoms with E-state index >= 15 is 0 Å². The van der Waals surface area contributed by atoms with Crippen LogP contribution in [0.4, 0.5) is 0 Å². The van der Waals surface area contributed by atoms with Gasteiger partial charge in [-0.3, -0.25) is 9.69 Å². The average Bonchev–Trinajstić information content (AvgIpc) is 3.59. The number of aromatic amines is 1. The van der Waals surface area contributed by atoms with Gasteiger partial charge in [0.1, 0.15) is 0 Å². The Morgan fingerprint density at radius 2 is 1.91 bits per heavy atom. The van der Waals surface area contributed by atoms with Gasteiger partial charge in [-0.05, 0) is 92.3 Å². The summed E-state index contributed by atoms with van der Waals surface area (Å²) in [7, 11) is -3.16. The fourth-order valence-electron chi connectivity index (χ4n) is 5.62. The van der Waals surface area contributed by atoms with E-state index < -0.39 is 15.9 Å². The van der Waals surface area contributed by atoms with Crippen LogP contribution in [0.15, 0.2) is 29.8 Å². The number of sulfonamides is 1. The molecule has 2 aliphatic rings. The number of nitrogens with zero attached hydrogens (tertiary/aromatic N) is 2. The molecule has 1 aromatic carbocycles. The molecule has 1 amide bonds. The number of rotatable bonds is 7. The molecule has 0 spiro atoms. The number of carbonyl (C=O) groups excluding carboxylic acids is 1. The number of hydrogen-bond donors (Lipinski definition) is 2. The summed E-state index contributed by atoms with van der Waals surface area (Å²) in [6, 6.07) is 6.92. The van der Waals surface area contributed by atoms with Crippen molar-refractivity contribution in [2.75, 3.05) is 25.4 Å². The van der Waals surface area contributed by atoms with Gasteiger partial charge in [-0.15, -0.1) is 11.3 Å². The van der Waals surface area contributed by atoms with Crippen LogP contribution in [0.5, 0.6) is 0 Å². The van der Waals surface area contributed by atoms with Gasteiger partial charge in [0, 0.05) is 42.1 Å². The molecule has 1 unspecified atom stereocenters. The fraction of sp³-hybridized carbons (Fsp3) is 0.500. The van der Waals surface area contributed by atoms with Crippen LogP contribution in [0.2, 0.25) is 0 Å². The van der Waals surface area contributed by atoms with Gasteiger partial charge in [0.05, 0.1) is 16.8 Å². The summed E-state index contributed by atoms with van der Waals surface area (Å²) in [4.78, 5) is 19.5. The second-order valence-electron chi connectivity index (χ2n) is 9.89. The second kappa shape index (κ2) is 9.69. The molecule has 9 heteroatoms. The first-order valence-corrected chi connectivity index (χ1v) is 15.0. The van der Waals surface area contributed by atoms with E-state index in [1.54, 1.807) is 22.6 Å². The van der Waals surface area contributed by atoms with Crippen LogP contribution in [0, 0.1) is 0 Å². The SMILES string of the molecule is CCS(=O)(=O)N1CCC(c2c[nH]c3c(C(N)=O)cc(-c4csc(CN5CCCC5C)c4)cc23)CC1. The lowest BCUT2D eigenvalue weighted by atomic mass is 9.88. The van der Waals surface area contributed by atoms with E-state index in [-0.39, 0.29) is 11.7 Å². The van der Waals surface area contributed by atoms with Crippen molar-refractivity contribution >= 4 is 38.2 Å². The Kier molecular flexibility index (Phi) is 6.78. The van der Waals surface area contributed by atoms with E-state index in [2.05, 4.69) is 34.3 Å². The van der Waals surface area contributed by atoms with Crippen molar-refractivity contribution < 1.29 is 13.2 Å². The number of hydrogen-bond acceptors (Lipinski definition) is 5. The van der Waals surface area contributed by atoms with Gasteiger partial charge in [0.2, 0.25) is 10.0 Å². The van der Waals surface area contributed by atoms with Crippen LogP contribution in [-0.2, 0) is 16.6 Å². The summed E-state index contributed by atoms with van der Waals surface area (Å²) in [6.45, 7) is 7.15. The molecule has 2 aliphatic heterocycles. The molecule has 0 saturated carbocycles. The van der Waals surface area contributed by atoms with E-state index in [1.807, 2.05) is 12.3 Å². The Bertz CT molecular complexity index is 1340. The molecule has 3 N–H and O–H groups in total. The number of carbonyl (C=O) groups is 1. The second-order valence-corrected chi connectivity index (χ2v) is 13.1. The minimum atomic E-state index is -3.16. The van der Waals surface area contributed by atoms with E-state index in [4.69, 9.17) is 5.73 Å². The largest absolute Gasteiger partial charge is 0.366 e. The average molecular weight is 515 g/mol. The zero-order valence-electron chi connectivity index (χ0n) is 20.4. The van der Waals surface area contributed by atoms with E-state index in [0.29, 0.717) is 24.7 Å². The molecule has 188 valence electrons. The van der Waals surface area contributed by atoms with Crippen LogP contribution in [-0.4, -0.2) is 59.9 Å². The molecule has 2 fully saturated rings. The lowest BCUT2D eigenvalue weighted by molar-refractivity contribution is 0.100. The van der Waals surface area contributed by atoms with Crippen molar-refractivity contribution in [1.82, 2.24) is 14.2 Å². The van der Waals surface area contributed by atoms with E-state index in [1.165, 1.54) is 17.7 Å². The van der Waals surface area contributed by atoms with Crippen molar-refractivity contribution in [3.05, 3.63) is 45.8 Å². The number of nitrogens with two attached hydrogens (primary N) is 1. The number of aromatic nitrogens is 1. The van der Waals surface area contributed by atoms with Crippen molar-refractivity contribution in [1.29, 1.82) is 0 Å². The molecule has 7 nitrogen and oxygen atoms in total. The van der Waals surface area contributed by atoms with Crippen molar-refractivity contribution in [2.24, 2.45) is 5.73 Å². The van der Waals surface area contributed by atoms with Crippen LogP contribution >= 0.6 is 11.3 Å². The summed E-state index contributed by atoms with van der Waals surface area (Å²) in [5.74, 6) is -0.0803. The minimum Gasteiger partial charge on any atom is -0.366 e. The summed E-state index contributed by atoms with van der Waals surface area (Å²) in [6.07, 6.45) is 6.02. The van der Waals surface area contributed by atoms with Crippen molar-refractivity contribution in [3.8, 4) is 11.1 Å². The quantitative estimate of drug-likeness (QED) is 0.485. The predicted octanol–water partition coefficient (Wildman–Crippen LogP) is 4.51. The van der Waals surface area contributed by atoms with E-state index in [9.17, 15) is 13.2 Å². The number of primary amides is 1. The molecular formula is C26H34N4O3S2. The van der Waals surface area contributed by atoms with Crippen LogP contribution < -0.4 is 5.73 Å². The van der Waals surface area contributed by atoms with E-state index in [0.717, 1.165) is 53.5 Å². The Hall–Kier alpha value is -2.20. The number of H-pyrrole nitrogens is 1. The standard InChI is InChI=1S/C26H34N4O3S2/c1-3-35(32,33)30-9-6-18(7-10-30)24-14-28-25-22(24)12-19(13-23(25)26(27)31)20-11-21(34-16-20)15-29-8-4-5-17(29)2/h11-14,16-18,28H,3-10,15H2,1-2H3,(H2,27,31). The highest BCUT2D eigenvalue weighted by Gasteiger charge is 2.29. The molecule has 1 atom stereocenters. The molecule has 2 aromatic heterocycles. The predicted molar refractivity (Wildman–Crippen MR) is 142 cm³/mol. The third kappa shape index (κ3) is 4.79. The number of likely N-dealkylation sites (tertiary alicyclic amines) is 1. The maximum Gasteiger partial charge on any atom is 0.250 e. The maximum atomic E-state index is 12.4. The van der Waals surface area contributed by atoms with Gasteiger partial charge < -0.3 is 10.7 Å². The Morgan fingerprint density at radius 1 is 1.14 bits per heavy atom. The molecule has 0 radical (unpaired) electrons. The highest BCUT2D eigenvalue weighted by atomic mass is 32.2. The number of nitrogens with one attached hydrogen (secondary N) is 1. The Morgan fingerprint density at radius 3 is 2.57 bits per heavy atom. The zero-order valence-corrected chi connectivity index (χ0v) is 22.1. The van der Waals surface area contributed by atoms with Crippen LogP contribution in [0.1, 0.15) is 66.2 Å². The number of piperidine rings is 1. The Labute approximate surface area is 211 Å². The molecule has 5 rings (SSSR count). The lowest BCUT2D eigenvalue weighted by Gasteiger charge is -2.31. The molecule has 0 bridgehead atoms. The van der Waals surface area contributed by atoms with Crippen LogP contribution in [0.25, 0.3) is 22.0 Å². The third-order valence-corrected chi connectivity index (χ3v) is 10.6. The molecule has 4 heterocycles. The lowest BCUT2D eigenvalue weighted by Crippen LogP contribution is -2.38. The smallest absolute Gasteiger partial charge is 0.250 e. The van der Waals surface area contributed by atoms with Crippen LogP contribution in [0.3, 0.4) is 0 Å². The summed E-state index contributed by atoms with van der Waals surface area (Å²) >= 11 is 1.76. The number of amides is 1. The zero-order chi connectivity index (χ0) is 24.7. The topological polar surface area (TPSA) is 99.5 Å². The first kappa shape index (κ1) is 24.5. The summed E-state index contributed by atoms with van der Waals surface area (Å²) in [5, 5.41) is 3.18. The van der Waals surface area contributed by atoms with Crippen molar-refractivity contribution in [3.63, 3.8) is 0 Å². The number of fused-ring (bicyclic) bond motifs is 1. The van der Waals surface area contributed by atoms with Crippen molar-refractivity contribution in [2.45, 2.75) is 58.0 Å². The van der Waals surface area contributed by atoms with Gasteiger partial charge >= 0.3 is 0 Å². The van der Waals surface area contributed by atoms with Gasteiger partial charge in [0.25, 0.3) is 5.91 Å². The first-order valence-electron chi connectivity index (χ1n) is 12.5. The fourth-order valence-corrected chi connectivity index (χ4v) is 7.67. The molecule has 2 saturated heterocycles. The number of benzene rings is 1. The highest BCUT2D eigenvalue weighted by Crippen LogP contribution is 2.38. The minimum absolute atomic E-state index is 0.134. The molecule has 0 aliphatic carbocycles. The van der Waals surface area contributed by atoms with Gasteiger partial charge in [-0.25, -0.2) is 12.7 Å². The summed E-state index contributed by atoms with van der Waals surface area (Å²) in [5.41, 5.74) is 10.3. The summed E-state index contributed by atoms with van der Waals surface area (Å²) < 4.78 is 26.2. The van der Waals surface area contributed by atoms with Gasteiger partial charge in [-0.2, -0.15) is 0 Å². The highest BCUT2D eigenvalue weighted by molar-refractivity contribution is 7.89. The third-order valence-electron chi connectivity index (χ3n) is 7.78. The normalized spacial score (nSPS) is 20.7. The van der Waals surface area contributed by atoms with Gasteiger partial charge in [0.15, 0.2) is 0 Å². The molecule has 3 aromatic rings.